The van der Waals surface area contributed by atoms with Crippen LogP contribution in [0.3, 0.4) is 0 Å². The second kappa shape index (κ2) is 8.71. The van der Waals surface area contributed by atoms with E-state index in [1.54, 1.807) is 0 Å². The lowest BCUT2D eigenvalue weighted by molar-refractivity contribution is -0.128. The highest BCUT2D eigenvalue weighted by atomic mass is 35.5. The molecule has 0 bridgehead atoms. The molecule has 0 aliphatic heterocycles. The van der Waals surface area contributed by atoms with Gasteiger partial charge in [-0.1, -0.05) is 41.9 Å². The van der Waals surface area contributed by atoms with E-state index in [9.17, 15) is 18.8 Å². The minimum atomic E-state index is -1.17. The third-order valence-corrected chi connectivity index (χ3v) is 4.31. The SMILES string of the molecule is CC(NC(=O)C(C)c1c(Cl)cnn(Cc2ccccc2)c1=O)C(=O)CF. The van der Waals surface area contributed by atoms with E-state index in [1.807, 2.05) is 30.3 Å². The van der Waals surface area contributed by atoms with Crippen LogP contribution in [0.25, 0.3) is 0 Å². The number of carbonyl (C=O) groups is 2. The molecule has 138 valence electrons. The van der Waals surface area contributed by atoms with Gasteiger partial charge in [0.1, 0.15) is 6.67 Å². The predicted molar refractivity (Wildman–Crippen MR) is 96.1 cm³/mol. The van der Waals surface area contributed by atoms with Gasteiger partial charge in [-0.2, -0.15) is 5.10 Å². The monoisotopic (exact) mass is 379 g/mol. The number of alkyl halides is 1. The van der Waals surface area contributed by atoms with Crippen molar-refractivity contribution in [3.05, 3.63) is 63.0 Å². The fraction of sp³-hybridized carbons (Fsp3) is 0.333. The van der Waals surface area contributed by atoms with Gasteiger partial charge in [0.25, 0.3) is 5.56 Å². The van der Waals surface area contributed by atoms with E-state index in [2.05, 4.69) is 10.4 Å². The van der Waals surface area contributed by atoms with Gasteiger partial charge < -0.3 is 5.32 Å². The number of hydrogen-bond acceptors (Lipinski definition) is 4. The van der Waals surface area contributed by atoms with Crippen LogP contribution in [-0.2, 0) is 16.1 Å². The first-order valence-electron chi connectivity index (χ1n) is 8.03. The summed E-state index contributed by atoms with van der Waals surface area (Å²) in [6.07, 6.45) is 1.31. The topological polar surface area (TPSA) is 81.1 Å². The summed E-state index contributed by atoms with van der Waals surface area (Å²) in [5.74, 6) is -2.25. The van der Waals surface area contributed by atoms with Crippen molar-refractivity contribution in [3.63, 3.8) is 0 Å². The number of Topliss-reactive ketones (excluding diaryl/α,β-unsaturated/α-hetero) is 1. The lowest BCUT2D eigenvalue weighted by atomic mass is 10.0. The van der Waals surface area contributed by atoms with E-state index in [0.29, 0.717) is 0 Å². The summed E-state index contributed by atoms with van der Waals surface area (Å²) >= 11 is 6.09. The number of amides is 1. The molecule has 2 atom stereocenters. The first-order chi connectivity index (χ1) is 12.3. The first kappa shape index (κ1) is 19.8. The molecule has 1 heterocycles. The molecule has 0 aliphatic carbocycles. The Morgan fingerprint density at radius 3 is 2.54 bits per heavy atom. The summed E-state index contributed by atoms with van der Waals surface area (Å²) in [5, 5.41) is 6.47. The van der Waals surface area contributed by atoms with E-state index >= 15 is 0 Å². The van der Waals surface area contributed by atoms with Gasteiger partial charge >= 0.3 is 0 Å². The van der Waals surface area contributed by atoms with Crippen molar-refractivity contribution in [3.8, 4) is 0 Å². The van der Waals surface area contributed by atoms with Crippen molar-refractivity contribution in [2.45, 2.75) is 32.4 Å². The number of rotatable bonds is 7. The zero-order valence-corrected chi connectivity index (χ0v) is 15.2. The maximum absolute atomic E-state index is 12.7. The fourth-order valence-corrected chi connectivity index (χ4v) is 2.70. The molecular formula is C18H19ClFN3O3. The van der Waals surface area contributed by atoms with E-state index in [-0.39, 0.29) is 17.1 Å². The van der Waals surface area contributed by atoms with Gasteiger partial charge in [0, 0.05) is 0 Å². The van der Waals surface area contributed by atoms with E-state index in [0.717, 1.165) is 5.56 Å². The Bertz CT molecular complexity index is 855. The Kier molecular flexibility index (Phi) is 6.63. The molecule has 0 radical (unpaired) electrons. The summed E-state index contributed by atoms with van der Waals surface area (Å²) in [7, 11) is 0. The quantitative estimate of drug-likeness (QED) is 0.798. The van der Waals surface area contributed by atoms with Gasteiger partial charge in [0.2, 0.25) is 5.91 Å². The Hall–Kier alpha value is -2.54. The number of carbonyl (C=O) groups excluding carboxylic acids is 2. The molecular weight excluding hydrogens is 361 g/mol. The van der Waals surface area contributed by atoms with Crippen LogP contribution in [0, 0.1) is 0 Å². The van der Waals surface area contributed by atoms with Gasteiger partial charge in [0.15, 0.2) is 5.78 Å². The third kappa shape index (κ3) is 4.54. The van der Waals surface area contributed by atoms with E-state index in [1.165, 1.54) is 24.7 Å². The molecule has 2 rings (SSSR count). The largest absolute Gasteiger partial charge is 0.346 e. The Balaban J connectivity index is 2.28. The molecule has 26 heavy (non-hydrogen) atoms. The van der Waals surface area contributed by atoms with Gasteiger partial charge in [-0.25, -0.2) is 9.07 Å². The number of ketones is 1. The molecule has 0 saturated carbocycles. The van der Waals surface area contributed by atoms with Crippen LogP contribution in [0.1, 0.15) is 30.9 Å². The van der Waals surface area contributed by atoms with Crippen LogP contribution in [0.2, 0.25) is 5.02 Å². The van der Waals surface area contributed by atoms with Crippen LogP contribution in [0.4, 0.5) is 4.39 Å². The van der Waals surface area contributed by atoms with Crippen molar-refractivity contribution in [2.24, 2.45) is 0 Å². The van der Waals surface area contributed by atoms with Crippen molar-refractivity contribution in [2.75, 3.05) is 6.67 Å². The molecule has 8 heteroatoms. The summed E-state index contributed by atoms with van der Waals surface area (Å²) in [6.45, 7) is 1.94. The Morgan fingerprint density at radius 2 is 1.92 bits per heavy atom. The molecule has 1 aromatic carbocycles. The summed E-state index contributed by atoms with van der Waals surface area (Å²) in [6, 6.07) is 8.26. The lowest BCUT2D eigenvalue weighted by Gasteiger charge is -2.17. The van der Waals surface area contributed by atoms with Crippen molar-refractivity contribution in [1.82, 2.24) is 15.1 Å². The second-order valence-electron chi connectivity index (χ2n) is 5.91. The minimum Gasteiger partial charge on any atom is -0.346 e. The van der Waals surface area contributed by atoms with Crippen LogP contribution in [0.15, 0.2) is 41.3 Å². The summed E-state index contributed by atoms with van der Waals surface area (Å²) < 4.78 is 13.6. The van der Waals surface area contributed by atoms with E-state index < -0.39 is 35.9 Å². The van der Waals surface area contributed by atoms with Gasteiger partial charge in [0.05, 0.1) is 35.3 Å². The maximum atomic E-state index is 12.7. The maximum Gasteiger partial charge on any atom is 0.272 e. The number of aromatic nitrogens is 2. The van der Waals surface area contributed by atoms with Crippen LogP contribution >= 0.6 is 11.6 Å². The van der Waals surface area contributed by atoms with Crippen LogP contribution in [0.5, 0.6) is 0 Å². The highest BCUT2D eigenvalue weighted by molar-refractivity contribution is 6.31. The van der Waals surface area contributed by atoms with Crippen LogP contribution in [-0.4, -0.2) is 34.2 Å². The normalized spacial score (nSPS) is 13.1. The average Bonchev–Trinajstić information content (AvgIpc) is 2.64. The Labute approximate surface area is 155 Å². The molecule has 6 nitrogen and oxygen atoms in total. The average molecular weight is 380 g/mol. The molecule has 1 amide bonds. The summed E-state index contributed by atoms with van der Waals surface area (Å²) in [5.41, 5.74) is 0.457. The fourth-order valence-electron chi connectivity index (χ4n) is 2.41. The summed E-state index contributed by atoms with van der Waals surface area (Å²) in [4.78, 5) is 36.4. The minimum absolute atomic E-state index is 0.0615. The molecule has 0 spiro atoms. The van der Waals surface area contributed by atoms with Crippen LogP contribution < -0.4 is 10.9 Å². The Morgan fingerprint density at radius 1 is 1.27 bits per heavy atom. The van der Waals surface area contributed by atoms with Gasteiger partial charge in [-0.3, -0.25) is 14.4 Å². The number of halogens is 2. The van der Waals surface area contributed by atoms with Gasteiger partial charge in [-0.15, -0.1) is 0 Å². The smallest absolute Gasteiger partial charge is 0.272 e. The number of benzene rings is 1. The predicted octanol–water partition coefficient (Wildman–Crippen LogP) is 2.09. The molecule has 0 aliphatic rings. The number of nitrogens with zero attached hydrogens (tertiary/aromatic N) is 2. The zero-order valence-electron chi connectivity index (χ0n) is 14.4. The van der Waals surface area contributed by atoms with Crippen molar-refractivity contribution >= 4 is 23.3 Å². The molecule has 1 N–H and O–H groups in total. The molecule has 2 aromatic rings. The highest BCUT2D eigenvalue weighted by Crippen LogP contribution is 2.20. The second-order valence-corrected chi connectivity index (χ2v) is 6.31. The molecule has 1 aromatic heterocycles. The zero-order chi connectivity index (χ0) is 19.3. The van der Waals surface area contributed by atoms with E-state index in [4.69, 9.17) is 11.6 Å². The molecule has 0 saturated heterocycles. The standard InChI is InChI=1S/C18H19ClFN3O3/c1-11(17(25)22-12(2)15(24)8-20)16-14(19)9-21-23(18(16)26)10-13-6-4-3-5-7-13/h3-7,9,11-12H,8,10H2,1-2H3,(H,22,25). The third-order valence-electron chi connectivity index (χ3n) is 4.01. The number of nitrogens with one attached hydrogen (secondary N) is 1. The number of hydrogen-bond donors (Lipinski definition) is 1. The first-order valence-corrected chi connectivity index (χ1v) is 8.41. The van der Waals surface area contributed by atoms with Crippen molar-refractivity contribution < 1.29 is 14.0 Å². The highest BCUT2D eigenvalue weighted by Gasteiger charge is 2.25. The molecule has 2 unspecified atom stereocenters. The lowest BCUT2D eigenvalue weighted by Crippen LogP contribution is -2.42. The van der Waals surface area contributed by atoms with Gasteiger partial charge in [-0.05, 0) is 19.4 Å². The van der Waals surface area contributed by atoms with Crippen molar-refractivity contribution in [1.29, 1.82) is 0 Å². The molecule has 0 fully saturated rings.